The fourth-order valence-corrected chi connectivity index (χ4v) is 5.43. The van der Waals surface area contributed by atoms with E-state index >= 15 is 0 Å². The number of nitrogens with one attached hydrogen (secondary N) is 1. The Morgan fingerprint density at radius 3 is 2.55 bits per heavy atom. The van der Waals surface area contributed by atoms with E-state index in [-0.39, 0.29) is 6.03 Å². The first kappa shape index (κ1) is 22.3. The fourth-order valence-electron chi connectivity index (χ4n) is 4.21. The molecule has 2 saturated heterocycles. The summed E-state index contributed by atoms with van der Waals surface area (Å²) in [5, 5.41) is 4.05. The minimum Gasteiger partial charge on any atom is -0.378 e. The molecule has 3 aromatic rings. The van der Waals surface area contributed by atoms with E-state index < -0.39 is 0 Å². The number of urea groups is 1. The van der Waals surface area contributed by atoms with Crippen molar-refractivity contribution in [3.63, 3.8) is 0 Å². The van der Waals surface area contributed by atoms with Crippen LogP contribution in [-0.2, 0) is 4.74 Å². The third kappa shape index (κ3) is 4.89. The smallest absolute Gasteiger partial charge is 0.323 e. The van der Waals surface area contributed by atoms with Gasteiger partial charge in [-0.15, -0.1) is 0 Å². The van der Waals surface area contributed by atoms with E-state index in [4.69, 9.17) is 21.3 Å². The van der Waals surface area contributed by atoms with Crippen LogP contribution in [0.5, 0.6) is 0 Å². The molecule has 2 aliphatic rings. The van der Waals surface area contributed by atoms with Crippen molar-refractivity contribution < 1.29 is 9.53 Å². The second-order valence-electron chi connectivity index (χ2n) is 8.53. The molecule has 0 unspecified atom stereocenters. The molecule has 0 saturated carbocycles. The summed E-state index contributed by atoms with van der Waals surface area (Å²) < 4.78 is 5.30. The number of nitrogens with zero attached hydrogens (tertiary/aromatic N) is 4. The highest BCUT2D eigenvalue weighted by atomic mass is 35.5. The average Bonchev–Trinajstić information content (AvgIpc) is 3.16. The van der Waals surface area contributed by atoms with Crippen LogP contribution in [0, 0.1) is 13.8 Å². The summed E-state index contributed by atoms with van der Waals surface area (Å²) in [6.45, 7) is 8.71. The maximum Gasteiger partial charge on any atom is 0.323 e. The largest absolute Gasteiger partial charge is 0.378 e. The van der Waals surface area contributed by atoms with Gasteiger partial charge in [-0.05, 0) is 37.6 Å². The number of anilines is 1. The van der Waals surface area contributed by atoms with Crippen molar-refractivity contribution in [2.45, 2.75) is 19.9 Å². The molecule has 0 spiro atoms. The lowest BCUT2D eigenvalue weighted by molar-refractivity contribution is -0.0737. The molecule has 0 aliphatic carbocycles. The van der Waals surface area contributed by atoms with Crippen LogP contribution >= 0.6 is 22.9 Å². The molecule has 1 N–H and O–H groups in total. The zero-order valence-electron chi connectivity index (χ0n) is 18.7. The van der Waals surface area contributed by atoms with E-state index in [1.165, 1.54) is 11.3 Å². The zero-order chi connectivity index (χ0) is 22.9. The van der Waals surface area contributed by atoms with Crippen LogP contribution in [-0.4, -0.2) is 71.2 Å². The average molecular weight is 484 g/mol. The SMILES string of the molecule is Cc1cccc(-c2nc(NC(=O)N3CCN(C4COC4)CC3)sc2-c2cc(C)nc(Cl)c2)c1. The zero-order valence-corrected chi connectivity index (χ0v) is 20.2. The summed E-state index contributed by atoms with van der Waals surface area (Å²) in [6.07, 6.45) is 0. The van der Waals surface area contributed by atoms with E-state index in [1.807, 2.05) is 36.1 Å². The summed E-state index contributed by atoms with van der Waals surface area (Å²) in [5.41, 5.74) is 4.76. The Balaban J connectivity index is 1.39. The van der Waals surface area contributed by atoms with Crippen LogP contribution in [0.25, 0.3) is 21.7 Å². The molecule has 9 heteroatoms. The number of halogens is 1. The summed E-state index contributed by atoms with van der Waals surface area (Å²) in [7, 11) is 0. The monoisotopic (exact) mass is 483 g/mol. The number of ether oxygens (including phenoxy) is 1. The number of hydrogen-bond acceptors (Lipinski definition) is 6. The first-order valence-electron chi connectivity index (χ1n) is 11.1. The second-order valence-corrected chi connectivity index (χ2v) is 9.92. The van der Waals surface area contributed by atoms with Crippen molar-refractivity contribution >= 4 is 34.1 Å². The van der Waals surface area contributed by atoms with Crippen molar-refractivity contribution in [1.82, 2.24) is 19.8 Å². The molecule has 0 bridgehead atoms. The first-order chi connectivity index (χ1) is 16.0. The standard InChI is InChI=1S/C24H26ClN5O2S/c1-15-4-3-5-17(10-15)21-22(18-11-16(2)26-20(25)12-18)33-23(27-21)28-24(31)30-8-6-29(7-9-30)19-13-32-14-19/h3-5,10-12,19H,6-9,13-14H2,1-2H3,(H,27,28,31). The van der Waals surface area contributed by atoms with E-state index in [2.05, 4.69) is 34.3 Å². The second kappa shape index (κ2) is 9.38. The molecule has 0 radical (unpaired) electrons. The van der Waals surface area contributed by atoms with Gasteiger partial charge in [-0.1, -0.05) is 46.7 Å². The highest BCUT2D eigenvalue weighted by Crippen LogP contribution is 2.40. The molecule has 4 heterocycles. The molecular formula is C24H26ClN5O2S. The van der Waals surface area contributed by atoms with Crippen LogP contribution in [0.3, 0.4) is 0 Å². The maximum atomic E-state index is 13.0. The Hall–Kier alpha value is -2.52. The molecule has 33 heavy (non-hydrogen) atoms. The predicted octanol–water partition coefficient (Wildman–Crippen LogP) is 4.69. The molecule has 0 atom stereocenters. The fraction of sp³-hybridized carbons (Fsp3) is 0.375. The molecule has 5 rings (SSSR count). The Morgan fingerprint density at radius 1 is 1.09 bits per heavy atom. The quantitative estimate of drug-likeness (QED) is 0.545. The van der Waals surface area contributed by atoms with Crippen LogP contribution in [0.4, 0.5) is 9.93 Å². The van der Waals surface area contributed by atoms with Gasteiger partial charge in [0.1, 0.15) is 5.15 Å². The molecule has 2 aromatic heterocycles. The van der Waals surface area contributed by atoms with Crippen molar-refractivity contribution in [2.24, 2.45) is 0 Å². The topological polar surface area (TPSA) is 70.6 Å². The van der Waals surface area contributed by atoms with Gasteiger partial charge in [0.15, 0.2) is 5.13 Å². The summed E-state index contributed by atoms with van der Waals surface area (Å²) >= 11 is 7.71. The third-order valence-electron chi connectivity index (χ3n) is 6.06. The lowest BCUT2D eigenvalue weighted by Gasteiger charge is -2.42. The lowest BCUT2D eigenvalue weighted by Crippen LogP contribution is -2.57. The number of hydrogen-bond donors (Lipinski definition) is 1. The summed E-state index contributed by atoms with van der Waals surface area (Å²) in [4.78, 5) is 27.3. The highest BCUT2D eigenvalue weighted by molar-refractivity contribution is 7.19. The Labute approximate surface area is 202 Å². The number of amides is 2. The van der Waals surface area contributed by atoms with Gasteiger partial charge in [0.05, 0.1) is 29.8 Å². The molecule has 2 fully saturated rings. The van der Waals surface area contributed by atoms with Crippen molar-refractivity contribution in [1.29, 1.82) is 0 Å². The highest BCUT2D eigenvalue weighted by Gasteiger charge is 2.30. The van der Waals surface area contributed by atoms with Crippen molar-refractivity contribution in [3.05, 3.63) is 52.8 Å². The number of piperazine rings is 1. The van der Waals surface area contributed by atoms with Gasteiger partial charge in [-0.3, -0.25) is 10.2 Å². The normalized spacial score (nSPS) is 17.1. The maximum absolute atomic E-state index is 13.0. The predicted molar refractivity (Wildman–Crippen MR) is 132 cm³/mol. The first-order valence-corrected chi connectivity index (χ1v) is 12.3. The molecule has 2 aliphatic heterocycles. The van der Waals surface area contributed by atoms with Crippen LogP contribution in [0.15, 0.2) is 36.4 Å². The Morgan fingerprint density at radius 2 is 1.88 bits per heavy atom. The molecule has 1 aromatic carbocycles. The third-order valence-corrected chi connectivity index (χ3v) is 7.27. The van der Waals surface area contributed by atoms with Gasteiger partial charge in [-0.25, -0.2) is 14.8 Å². The number of carbonyl (C=O) groups is 1. The van der Waals surface area contributed by atoms with Crippen LogP contribution < -0.4 is 5.32 Å². The Bertz CT molecular complexity index is 1150. The van der Waals surface area contributed by atoms with Crippen molar-refractivity contribution in [3.8, 4) is 21.7 Å². The van der Waals surface area contributed by atoms with E-state index in [0.29, 0.717) is 29.4 Å². The van der Waals surface area contributed by atoms with E-state index in [9.17, 15) is 4.79 Å². The van der Waals surface area contributed by atoms with Gasteiger partial charge < -0.3 is 9.64 Å². The molecule has 172 valence electrons. The number of aryl methyl sites for hydroxylation is 2. The number of pyridine rings is 1. The molecular weight excluding hydrogens is 458 g/mol. The van der Waals surface area contributed by atoms with Gasteiger partial charge in [0.2, 0.25) is 0 Å². The van der Waals surface area contributed by atoms with Gasteiger partial charge in [0, 0.05) is 37.4 Å². The summed E-state index contributed by atoms with van der Waals surface area (Å²) in [6, 6.07) is 12.4. The summed E-state index contributed by atoms with van der Waals surface area (Å²) in [5.74, 6) is 0. The van der Waals surface area contributed by atoms with Crippen LogP contribution in [0.1, 0.15) is 11.3 Å². The van der Waals surface area contributed by atoms with Gasteiger partial charge in [-0.2, -0.15) is 0 Å². The van der Waals surface area contributed by atoms with E-state index in [1.54, 1.807) is 0 Å². The minimum atomic E-state index is -0.112. The Kier molecular flexibility index (Phi) is 6.34. The van der Waals surface area contributed by atoms with E-state index in [0.717, 1.165) is 59.3 Å². The van der Waals surface area contributed by atoms with Gasteiger partial charge in [0.25, 0.3) is 0 Å². The number of benzene rings is 1. The van der Waals surface area contributed by atoms with Crippen LogP contribution in [0.2, 0.25) is 5.15 Å². The van der Waals surface area contributed by atoms with Gasteiger partial charge >= 0.3 is 6.03 Å². The molecule has 2 amide bonds. The number of aromatic nitrogens is 2. The molecule has 7 nitrogen and oxygen atoms in total. The number of rotatable bonds is 4. The number of carbonyl (C=O) groups excluding carboxylic acids is 1. The number of thiazole rings is 1. The van der Waals surface area contributed by atoms with Crippen molar-refractivity contribution in [2.75, 3.05) is 44.7 Å². The minimum absolute atomic E-state index is 0.112. The lowest BCUT2D eigenvalue weighted by atomic mass is 10.1.